The molecular formula is C22H17ClN4. The first-order valence-electron chi connectivity index (χ1n) is 8.98. The van der Waals surface area contributed by atoms with Gasteiger partial charge in [-0.3, -0.25) is 4.98 Å². The van der Waals surface area contributed by atoms with E-state index in [9.17, 15) is 0 Å². The van der Waals surface area contributed by atoms with Gasteiger partial charge in [0.1, 0.15) is 5.82 Å². The summed E-state index contributed by atoms with van der Waals surface area (Å²) < 4.78 is 0. The highest BCUT2D eigenvalue weighted by Gasteiger charge is 2.29. The number of nitrogen functional groups attached to an aromatic ring is 1. The van der Waals surface area contributed by atoms with Crippen LogP contribution >= 0.6 is 11.6 Å². The average molecular weight is 373 g/mol. The van der Waals surface area contributed by atoms with Gasteiger partial charge in [0.25, 0.3) is 0 Å². The number of nitrogens with two attached hydrogens (primary N) is 1. The third kappa shape index (κ3) is 2.92. The number of benzene rings is 2. The summed E-state index contributed by atoms with van der Waals surface area (Å²) >= 11 is 6.52. The zero-order chi connectivity index (χ0) is 18.4. The van der Waals surface area contributed by atoms with Crippen LogP contribution in [0.1, 0.15) is 24.5 Å². The third-order valence-electron chi connectivity index (χ3n) is 4.89. The van der Waals surface area contributed by atoms with Crippen molar-refractivity contribution >= 4 is 28.3 Å². The van der Waals surface area contributed by atoms with Crippen molar-refractivity contribution in [3.8, 4) is 22.5 Å². The second-order valence-electron chi connectivity index (χ2n) is 6.86. The van der Waals surface area contributed by atoms with Gasteiger partial charge in [-0.25, -0.2) is 9.97 Å². The largest absolute Gasteiger partial charge is 0.382 e. The lowest BCUT2D eigenvalue weighted by atomic mass is 10.0. The van der Waals surface area contributed by atoms with Crippen LogP contribution in [0.25, 0.3) is 33.4 Å². The minimum atomic E-state index is 0.415. The van der Waals surface area contributed by atoms with E-state index in [-0.39, 0.29) is 0 Å². The van der Waals surface area contributed by atoms with Crippen molar-refractivity contribution in [3.05, 3.63) is 71.5 Å². The van der Waals surface area contributed by atoms with E-state index in [2.05, 4.69) is 11.1 Å². The molecule has 0 spiro atoms. The molecule has 0 unspecified atom stereocenters. The normalized spacial score (nSPS) is 13.8. The molecule has 2 heterocycles. The van der Waals surface area contributed by atoms with Gasteiger partial charge in [-0.2, -0.15) is 0 Å². The van der Waals surface area contributed by atoms with Crippen molar-refractivity contribution in [2.45, 2.75) is 18.8 Å². The van der Waals surface area contributed by atoms with Crippen molar-refractivity contribution < 1.29 is 0 Å². The summed E-state index contributed by atoms with van der Waals surface area (Å²) in [5, 5.41) is 1.58. The molecule has 1 saturated carbocycles. The van der Waals surface area contributed by atoms with Gasteiger partial charge in [-0.15, -0.1) is 0 Å². The molecular weight excluding hydrogens is 356 g/mol. The number of nitrogens with zero attached hydrogens (tertiary/aromatic N) is 3. The zero-order valence-electron chi connectivity index (χ0n) is 14.6. The molecule has 2 aromatic heterocycles. The molecule has 132 valence electrons. The number of anilines is 1. The molecule has 1 aliphatic carbocycles. The zero-order valence-corrected chi connectivity index (χ0v) is 15.3. The fraction of sp³-hybridized carbons (Fsp3) is 0.136. The lowest BCUT2D eigenvalue weighted by Crippen LogP contribution is -2.04. The molecule has 5 rings (SSSR count). The van der Waals surface area contributed by atoms with Crippen molar-refractivity contribution in [2.24, 2.45) is 0 Å². The van der Waals surface area contributed by atoms with Crippen LogP contribution < -0.4 is 5.73 Å². The second kappa shape index (κ2) is 6.32. The van der Waals surface area contributed by atoms with Gasteiger partial charge in [0, 0.05) is 28.6 Å². The van der Waals surface area contributed by atoms with Crippen LogP contribution in [0.5, 0.6) is 0 Å². The van der Waals surface area contributed by atoms with Gasteiger partial charge in [0.2, 0.25) is 0 Å². The highest BCUT2D eigenvalue weighted by molar-refractivity contribution is 6.35. The van der Waals surface area contributed by atoms with Gasteiger partial charge >= 0.3 is 0 Å². The van der Waals surface area contributed by atoms with Gasteiger partial charge < -0.3 is 5.73 Å². The Bertz CT molecular complexity index is 1150. The van der Waals surface area contributed by atoms with Crippen molar-refractivity contribution in [2.75, 3.05) is 5.73 Å². The molecule has 1 fully saturated rings. The number of hydrogen-bond donors (Lipinski definition) is 1. The van der Waals surface area contributed by atoms with E-state index in [1.165, 1.54) is 0 Å². The van der Waals surface area contributed by atoms with Gasteiger partial charge in [0.15, 0.2) is 0 Å². The van der Waals surface area contributed by atoms with Crippen LogP contribution in [-0.2, 0) is 0 Å². The highest BCUT2D eigenvalue weighted by Crippen LogP contribution is 2.43. The summed E-state index contributed by atoms with van der Waals surface area (Å²) in [6.07, 6.45) is 3.98. The monoisotopic (exact) mass is 372 g/mol. The summed E-state index contributed by atoms with van der Waals surface area (Å²) in [5.41, 5.74) is 11.4. The first kappa shape index (κ1) is 16.2. The number of halogens is 1. The predicted molar refractivity (Wildman–Crippen MR) is 110 cm³/mol. The number of fused-ring (bicyclic) bond motifs is 1. The minimum absolute atomic E-state index is 0.415. The van der Waals surface area contributed by atoms with E-state index >= 15 is 0 Å². The maximum atomic E-state index is 6.52. The van der Waals surface area contributed by atoms with Crippen LogP contribution in [0.3, 0.4) is 0 Å². The Labute approximate surface area is 162 Å². The van der Waals surface area contributed by atoms with Gasteiger partial charge in [-0.1, -0.05) is 48.0 Å². The van der Waals surface area contributed by atoms with Gasteiger partial charge in [0.05, 0.1) is 27.6 Å². The van der Waals surface area contributed by atoms with E-state index in [1.54, 1.807) is 6.20 Å². The quantitative estimate of drug-likeness (QED) is 0.517. The third-order valence-corrected chi connectivity index (χ3v) is 5.18. The molecule has 2 N–H and O–H groups in total. The van der Waals surface area contributed by atoms with Crippen LogP contribution in [0.15, 0.2) is 60.8 Å². The Balaban J connectivity index is 1.78. The van der Waals surface area contributed by atoms with E-state index in [1.807, 2.05) is 48.5 Å². The van der Waals surface area contributed by atoms with Crippen LogP contribution in [-0.4, -0.2) is 15.0 Å². The predicted octanol–water partition coefficient (Wildman–Crippen LogP) is 5.47. The fourth-order valence-corrected chi connectivity index (χ4v) is 3.68. The van der Waals surface area contributed by atoms with E-state index in [0.29, 0.717) is 16.8 Å². The summed E-state index contributed by atoms with van der Waals surface area (Å²) in [4.78, 5) is 14.1. The first-order chi connectivity index (χ1) is 13.2. The Morgan fingerprint density at radius 2 is 1.67 bits per heavy atom. The topological polar surface area (TPSA) is 64.7 Å². The molecule has 0 saturated heterocycles. The molecule has 0 atom stereocenters. The molecule has 2 aromatic carbocycles. The summed E-state index contributed by atoms with van der Waals surface area (Å²) in [6, 6.07) is 17.9. The lowest BCUT2D eigenvalue weighted by Gasteiger charge is -2.14. The van der Waals surface area contributed by atoms with E-state index < -0.39 is 0 Å². The molecule has 1 aliphatic rings. The molecule has 5 heteroatoms. The Hall–Kier alpha value is -2.98. The molecule has 4 aromatic rings. The van der Waals surface area contributed by atoms with Crippen LogP contribution in [0.2, 0.25) is 5.02 Å². The van der Waals surface area contributed by atoms with Crippen LogP contribution in [0, 0.1) is 0 Å². The molecule has 0 aliphatic heterocycles. The maximum Gasteiger partial charge on any atom is 0.146 e. The Morgan fingerprint density at radius 1 is 0.889 bits per heavy atom. The fourth-order valence-electron chi connectivity index (χ4n) is 3.40. The number of hydrogen-bond acceptors (Lipinski definition) is 4. The Kier molecular flexibility index (Phi) is 3.80. The maximum absolute atomic E-state index is 6.52. The molecule has 0 radical (unpaired) electrons. The SMILES string of the molecule is Nc1nc(-c2ccccc2)c(-c2cc(Cl)c3ncccc3c2)nc1C1CC1. The first-order valence-corrected chi connectivity index (χ1v) is 9.36. The second-order valence-corrected chi connectivity index (χ2v) is 7.27. The summed E-state index contributed by atoms with van der Waals surface area (Å²) in [5.74, 6) is 0.937. The number of pyridine rings is 1. The summed E-state index contributed by atoms with van der Waals surface area (Å²) in [7, 11) is 0. The van der Waals surface area contributed by atoms with Crippen LogP contribution in [0.4, 0.5) is 5.82 Å². The standard InChI is InChI=1S/C22H17ClN4/c23-17-12-16(11-15-7-4-10-25-18(15)17)20-19(13-5-2-1-3-6-13)27-22(24)21(26-20)14-8-9-14/h1-7,10-12,14H,8-9H2,(H2,24,27). The van der Waals surface area contributed by atoms with Crippen molar-refractivity contribution in [1.29, 1.82) is 0 Å². The molecule has 0 amide bonds. The Morgan fingerprint density at radius 3 is 2.44 bits per heavy atom. The molecule has 27 heavy (non-hydrogen) atoms. The number of aromatic nitrogens is 3. The van der Waals surface area contributed by atoms with Crippen molar-refractivity contribution in [3.63, 3.8) is 0 Å². The van der Waals surface area contributed by atoms with Gasteiger partial charge in [-0.05, 0) is 31.0 Å². The van der Waals surface area contributed by atoms with E-state index in [4.69, 9.17) is 27.3 Å². The minimum Gasteiger partial charge on any atom is -0.382 e. The van der Waals surface area contributed by atoms with E-state index in [0.717, 1.165) is 52.0 Å². The average Bonchev–Trinajstić information content (AvgIpc) is 3.53. The number of rotatable bonds is 3. The highest BCUT2D eigenvalue weighted by atomic mass is 35.5. The molecule has 4 nitrogen and oxygen atoms in total. The smallest absolute Gasteiger partial charge is 0.146 e. The molecule has 0 bridgehead atoms. The van der Waals surface area contributed by atoms with Crippen molar-refractivity contribution in [1.82, 2.24) is 15.0 Å². The summed E-state index contributed by atoms with van der Waals surface area (Å²) in [6.45, 7) is 0. The lowest BCUT2D eigenvalue weighted by molar-refractivity contribution is 1.00.